The zero-order valence-electron chi connectivity index (χ0n) is 18.5. The summed E-state index contributed by atoms with van der Waals surface area (Å²) in [7, 11) is 2.00. The number of rotatable bonds is 7. The zero-order chi connectivity index (χ0) is 21.2. The van der Waals surface area contributed by atoms with E-state index in [2.05, 4.69) is 34.9 Å². The molecule has 8 nitrogen and oxygen atoms in total. The molecule has 3 aliphatic rings. The molecular weight excluding hydrogens is 372 g/mol. The summed E-state index contributed by atoms with van der Waals surface area (Å²) in [5.41, 5.74) is 2.01. The molecule has 1 saturated heterocycles. The lowest BCUT2D eigenvalue weighted by Gasteiger charge is -2.37. The van der Waals surface area contributed by atoms with E-state index in [9.17, 15) is 4.79 Å². The lowest BCUT2D eigenvalue weighted by Crippen LogP contribution is -2.54. The standard InChI is InChI=1S/C21H36N4O4/c1-14-22-12-17(28-14)20(2,3)16-11-18(29-24-16)23-19(26)21(4,5)25(6)13-15-7-9-27-10-8-15/h11-12,14-16,22,24H,7-10,13H2,1-6H3,(H,23,26). The van der Waals surface area contributed by atoms with Crippen molar-refractivity contribution in [3.8, 4) is 0 Å². The minimum Gasteiger partial charge on any atom is -0.473 e. The van der Waals surface area contributed by atoms with Crippen molar-refractivity contribution in [2.75, 3.05) is 26.8 Å². The first-order chi connectivity index (χ1) is 13.6. The molecule has 3 N–H and O–H groups in total. The van der Waals surface area contributed by atoms with Crippen LogP contribution in [0.2, 0.25) is 0 Å². The first-order valence-electron chi connectivity index (χ1n) is 10.5. The highest BCUT2D eigenvalue weighted by atomic mass is 16.7. The molecule has 0 saturated carbocycles. The van der Waals surface area contributed by atoms with Gasteiger partial charge < -0.3 is 19.6 Å². The van der Waals surface area contributed by atoms with Crippen molar-refractivity contribution < 1.29 is 19.1 Å². The summed E-state index contributed by atoms with van der Waals surface area (Å²) in [4.78, 5) is 20.7. The van der Waals surface area contributed by atoms with Gasteiger partial charge in [-0.25, -0.2) is 0 Å². The Balaban J connectivity index is 1.58. The van der Waals surface area contributed by atoms with E-state index < -0.39 is 5.54 Å². The normalized spacial score (nSPS) is 25.8. The molecule has 8 heteroatoms. The lowest BCUT2D eigenvalue weighted by atomic mass is 9.83. The fourth-order valence-electron chi connectivity index (χ4n) is 3.69. The van der Waals surface area contributed by atoms with Crippen molar-refractivity contribution in [3.63, 3.8) is 0 Å². The zero-order valence-corrected chi connectivity index (χ0v) is 18.5. The summed E-state index contributed by atoms with van der Waals surface area (Å²) >= 11 is 0. The molecule has 0 aliphatic carbocycles. The maximum atomic E-state index is 13.0. The first-order valence-corrected chi connectivity index (χ1v) is 10.5. The fourth-order valence-corrected chi connectivity index (χ4v) is 3.69. The second kappa shape index (κ2) is 8.53. The summed E-state index contributed by atoms with van der Waals surface area (Å²) in [5, 5.41) is 6.09. The molecule has 2 unspecified atom stereocenters. The average molecular weight is 409 g/mol. The Hall–Kier alpha value is -1.77. The number of amides is 1. The number of hydroxylamine groups is 1. The Morgan fingerprint density at radius 3 is 2.59 bits per heavy atom. The Kier molecular flexibility index (Phi) is 6.45. The molecule has 0 spiro atoms. The third kappa shape index (κ3) is 4.87. The number of carbonyl (C=O) groups excluding carboxylic acids is 1. The van der Waals surface area contributed by atoms with Gasteiger partial charge in [0.05, 0.1) is 11.6 Å². The number of carbonyl (C=O) groups is 1. The maximum Gasteiger partial charge on any atom is 0.246 e. The van der Waals surface area contributed by atoms with Crippen LogP contribution in [-0.2, 0) is 19.1 Å². The molecule has 164 valence electrons. The SMILES string of the molecule is CC1NC=C(C(C)(C)C2C=C(NC(=O)C(C)(C)N(C)CC3CCOCC3)ON2)O1. The molecule has 3 heterocycles. The fraction of sp³-hybridized carbons (Fsp3) is 0.762. The van der Waals surface area contributed by atoms with E-state index in [1.807, 2.05) is 40.1 Å². The van der Waals surface area contributed by atoms with Gasteiger partial charge in [0.2, 0.25) is 11.8 Å². The number of nitrogens with one attached hydrogen (secondary N) is 3. The van der Waals surface area contributed by atoms with Crippen molar-refractivity contribution in [3.05, 3.63) is 23.9 Å². The van der Waals surface area contributed by atoms with E-state index in [1.54, 1.807) is 0 Å². The van der Waals surface area contributed by atoms with Crippen molar-refractivity contribution in [1.82, 2.24) is 21.0 Å². The van der Waals surface area contributed by atoms with Crippen molar-refractivity contribution in [2.24, 2.45) is 11.3 Å². The largest absolute Gasteiger partial charge is 0.473 e. The molecule has 29 heavy (non-hydrogen) atoms. The predicted octanol–water partition coefficient (Wildman–Crippen LogP) is 1.82. The summed E-state index contributed by atoms with van der Waals surface area (Å²) < 4.78 is 11.3. The smallest absolute Gasteiger partial charge is 0.246 e. The van der Waals surface area contributed by atoms with Gasteiger partial charge in [-0.3, -0.25) is 15.0 Å². The molecule has 3 aliphatic heterocycles. The number of hydrogen-bond donors (Lipinski definition) is 3. The molecular formula is C21H36N4O4. The van der Waals surface area contributed by atoms with Crippen molar-refractivity contribution in [1.29, 1.82) is 0 Å². The van der Waals surface area contributed by atoms with Crippen LogP contribution >= 0.6 is 0 Å². The van der Waals surface area contributed by atoms with E-state index >= 15 is 0 Å². The predicted molar refractivity (Wildman–Crippen MR) is 110 cm³/mol. The van der Waals surface area contributed by atoms with Gasteiger partial charge in [-0.05, 0) is 52.7 Å². The van der Waals surface area contributed by atoms with Gasteiger partial charge in [0.15, 0.2) is 6.23 Å². The quantitative estimate of drug-likeness (QED) is 0.593. The van der Waals surface area contributed by atoms with E-state index in [1.165, 1.54) is 0 Å². The number of nitrogens with zero attached hydrogens (tertiary/aromatic N) is 1. The van der Waals surface area contributed by atoms with Gasteiger partial charge in [-0.1, -0.05) is 13.8 Å². The van der Waals surface area contributed by atoms with Crippen LogP contribution in [0.1, 0.15) is 47.5 Å². The number of likely N-dealkylation sites (N-methyl/N-ethyl adjacent to an activating group) is 1. The van der Waals surface area contributed by atoms with Crippen LogP contribution in [0.5, 0.6) is 0 Å². The van der Waals surface area contributed by atoms with Gasteiger partial charge in [0.1, 0.15) is 5.76 Å². The molecule has 2 atom stereocenters. The van der Waals surface area contributed by atoms with Crippen LogP contribution < -0.4 is 16.1 Å². The van der Waals surface area contributed by atoms with Crippen LogP contribution in [0.4, 0.5) is 0 Å². The summed E-state index contributed by atoms with van der Waals surface area (Å²) in [5.74, 6) is 1.75. The van der Waals surface area contributed by atoms with Crippen molar-refractivity contribution in [2.45, 2.75) is 65.3 Å². The van der Waals surface area contributed by atoms with Crippen LogP contribution in [0.3, 0.4) is 0 Å². The van der Waals surface area contributed by atoms with Gasteiger partial charge in [0, 0.05) is 31.4 Å². The second-order valence-corrected chi connectivity index (χ2v) is 9.33. The van der Waals surface area contributed by atoms with Gasteiger partial charge >= 0.3 is 0 Å². The minimum absolute atomic E-state index is 0.0400. The molecule has 0 bridgehead atoms. The molecule has 3 rings (SSSR count). The topological polar surface area (TPSA) is 84.1 Å². The highest BCUT2D eigenvalue weighted by molar-refractivity contribution is 5.86. The highest BCUT2D eigenvalue weighted by Crippen LogP contribution is 2.36. The summed E-state index contributed by atoms with van der Waals surface area (Å²) in [6.45, 7) is 12.5. The van der Waals surface area contributed by atoms with E-state index in [4.69, 9.17) is 14.3 Å². The monoisotopic (exact) mass is 408 g/mol. The van der Waals surface area contributed by atoms with E-state index in [0.29, 0.717) is 11.8 Å². The first kappa shape index (κ1) is 21.9. The molecule has 0 aromatic carbocycles. The van der Waals surface area contributed by atoms with Crippen LogP contribution in [0.25, 0.3) is 0 Å². The molecule has 1 amide bonds. The highest BCUT2D eigenvalue weighted by Gasteiger charge is 2.41. The number of hydrogen-bond acceptors (Lipinski definition) is 7. The Morgan fingerprint density at radius 1 is 1.28 bits per heavy atom. The maximum absolute atomic E-state index is 13.0. The van der Waals surface area contributed by atoms with Gasteiger partial charge in [-0.15, -0.1) is 5.48 Å². The van der Waals surface area contributed by atoms with Gasteiger partial charge in [0.25, 0.3) is 0 Å². The summed E-state index contributed by atoms with van der Waals surface area (Å²) in [6.07, 6.45) is 5.84. The van der Waals surface area contributed by atoms with E-state index in [0.717, 1.165) is 38.4 Å². The minimum atomic E-state index is -0.660. The summed E-state index contributed by atoms with van der Waals surface area (Å²) in [6, 6.07) is -0.126. The lowest BCUT2D eigenvalue weighted by molar-refractivity contribution is -0.132. The van der Waals surface area contributed by atoms with Crippen LogP contribution in [-0.4, -0.2) is 55.4 Å². The Morgan fingerprint density at radius 2 is 1.97 bits per heavy atom. The molecule has 1 fully saturated rings. The molecule has 0 aromatic rings. The van der Waals surface area contributed by atoms with Crippen molar-refractivity contribution >= 4 is 5.91 Å². The second-order valence-electron chi connectivity index (χ2n) is 9.33. The molecule has 0 aromatic heterocycles. The third-order valence-electron chi connectivity index (χ3n) is 6.40. The Bertz CT molecular complexity index is 668. The molecule has 0 radical (unpaired) electrons. The van der Waals surface area contributed by atoms with Gasteiger partial charge in [-0.2, -0.15) is 0 Å². The van der Waals surface area contributed by atoms with E-state index in [-0.39, 0.29) is 23.6 Å². The average Bonchev–Trinajstić information content (AvgIpc) is 3.32. The third-order valence-corrected chi connectivity index (χ3v) is 6.40. The number of ether oxygens (including phenoxy) is 2. The van der Waals surface area contributed by atoms with Crippen LogP contribution in [0, 0.1) is 11.3 Å². The Labute approximate surface area is 174 Å². The van der Waals surface area contributed by atoms with Crippen LogP contribution in [0.15, 0.2) is 23.9 Å².